The lowest BCUT2D eigenvalue weighted by Gasteiger charge is -2.25. The molecule has 1 amide bonds. The van der Waals surface area contributed by atoms with Crippen LogP contribution in [0.3, 0.4) is 0 Å². The highest BCUT2D eigenvalue weighted by atomic mass is 31.3. The Labute approximate surface area is 245 Å². The second-order valence-electron chi connectivity index (χ2n) is 9.96. The number of hydrogen-bond acceptors (Lipinski definition) is 15. The Bertz CT molecular complexity index is 1610. The number of aromatic nitrogens is 4. The Balaban J connectivity index is 1.14. The highest BCUT2D eigenvalue weighted by molar-refractivity contribution is 7.61. The van der Waals surface area contributed by atoms with E-state index < -0.39 is 89.4 Å². The molecule has 0 spiro atoms. The van der Waals surface area contributed by atoms with Crippen LogP contribution in [0.1, 0.15) is 6.23 Å². The number of nitrogens with two attached hydrogens (primary N) is 1. The largest absolute Gasteiger partial charge is 0.481 e. The second kappa shape index (κ2) is 12.6. The third-order valence-electron chi connectivity index (χ3n) is 7.03. The number of carbonyl (C=O) groups excluding carboxylic acids is 1. The van der Waals surface area contributed by atoms with Crippen molar-refractivity contribution in [3.8, 4) is 0 Å². The number of hydrogen-bond donors (Lipinski definition) is 9. The Morgan fingerprint density at radius 2 is 1.68 bits per heavy atom. The van der Waals surface area contributed by atoms with Crippen molar-refractivity contribution in [3.05, 3.63) is 46.9 Å². The van der Waals surface area contributed by atoms with Gasteiger partial charge in [-0.3, -0.25) is 28.1 Å². The van der Waals surface area contributed by atoms with Crippen LogP contribution in [-0.2, 0) is 36.8 Å². The molecule has 21 nitrogen and oxygen atoms in total. The van der Waals surface area contributed by atoms with Crippen molar-refractivity contribution in [2.45, 2.75) is 49.1 Å². The Hall–Kier alpha value is -2.72. The van der Waals surface area contributed by atoms with Crippen LogP contribution >= 0.6 is 15.6 Å². The molecule has 44 heavy (non-hydrogen) atoms. The van der Waals surface area contributed by atoms with Crippen LogP contribution in [-0.4, -0.2) is 118 Å². The molecule has 2 aromatic heterocycles. The molecule has 0 saturated carbocycles. The summed E-state index contributed by atoms with van der Waals surface area (Å²) in [7, 11) is -10.7. The zero-order chi connectivity index (χ0) is 32.0. The average molecular weight is 667 g/mol. The number of H-pyrrole nitrogens is 1. The Morgan fingerprint density at radius 1 is 1.05 bits per heavy atom. The summed E-state index contributed by atoms with van der Waals surface area (Å²) in [6, 6.07) is 0. The number of primary amides is 1. The third kappa shape index (κ3) is 6.76. The van der Waals surface area contributed by atoms with E-state index in [0.29, 0.717) is 4.90 Å². The van der Waals surface area contributed by atoms with E-state index >= 15 is 0 Å². The van der Waals surface area contributed by atoms with Gasteiger partial charge in [0.25, 0.3) is 5.56 Å². The molecule has 3 aliphatic rings. The predicted octanol–water partition coefficient (Wildman–Crippen LogP) is -4.74. The highest BCUT2D eigenvalue weighted by Crippen LogP contribution is 2.60. The van der Waals surface area contributed by atoms with Crippen LogP contribution < -0.4 is 16.2 Å². The minimum atomic E-state index is -5.38. The second-order valence-corrected chi connectivity index (χ2v) is 13.0. The number of phosphoric acid groups is 2. The molecule has 5 rings (SSSR count). The zero-order valence-electron chi connectivity index (χ0n) is 22.3. The Kier molecular flexibility index (Phi) is 9.34. The van der Waals surface area contributed by atoms with Crippen LogP contribution in [0.2, 0.25) is 0 Å². The SMILES string of the molecule is NC(=O)C1=CC=C[NH+](C2OC(COP(=O)(O)OP(=O)(O)OCC3OC(n4cnc5c(=O)[nH]cnc54)C(O)C3O)C(O)C2O)C1. The maximum atomic E-state index is 12.4. The predicted molar refractivity (Wildman–Crippen MR) is 140 cm³/mol. The number of phosphoric ester groups is 2. The number of aromatic amines is 1. The molecule has 0 aromatic carbocycles. The molecule has 0 bridgehead atoms. The van der Waals surface area contributed by atoms with Crippen LogP contribution in [0.15, 0.2) is 41.4 Å². The Morgan fingerprint density at radius 3 is 2.34 bits per heavy atom. The van der Waals surface area contributed by atoms with Gasteiger partial charge in [-0.25, -0.2) is 19.1 Å². The van der Waals surface area contributed by atoms with E-state index in [1.54, 1.807) is 0 Å². The number of fused-ring (bicyclic) bond motifs is 1. The molecular formula is C21H29N6O15P2+. The minimum absolute atomic E-state index is 0.0114. The molecule has 2 fully saturated rings. The first-order valence-corrected chi connectivity index (χ1v) is 15.8. The lowest BCUT2D eigenvalue weighted by atomic mass is 10.1. The van der Waals surface area contributed by atoms with Crippen LogP contribution in [0.4, 0.5) is 0 Å². The first-order chi connectivity index (χ1) is 20.7. The molecule has 0 aliphatic carbocycles. The van der Waals surface area contributed by atoms with Gasteiger partial charge in [0, 0.05) is 0 Å². The fourth-order valence-corrected chi connectivity index (χ4v) is 6.93. The van der Waals surface area contributed by atoms with E-state index in [-0.39, 0.29) is 23.3 Å². The topological polar surface area (TPSA) is 313 Å². The number of ether oxygens (including phenoxy) is 2. The highest BCUT2D eigenvalue weighted by Gasteiger charge is 2.50. The van der Waals surface area contributed by atoms with Crippen molar-refractivity contribution in [2.75, 3.05) is 19.8 Å². The maximum absolute atomic E-state index is 12.4. The van der Waals surface area contributed by atoms with Gasteiger partial charge in [0.2, 0.25) is 12.1 Å². The van der Waals surface area contributed by atoms with Gasteiger partial charge in [-0.2, -0.15) is 4.31 Å². The van der Waals surface area contributed by atoms with Crippen LogP contribution in [0, 0.1) is 0 Å². The molecule has 5 heterocycles. The van der Waals surface area contributed by atoms with Gasteiger partial charge >= 0.3 is 15.6 Å². The summed E-state index contributed by atoms with van der Waals surface area (Å²) in [5.74, 6) is -0.694. The smallest absolute Gasteiger partial charge is 0.387 e. The number of nitrogens with zero attached hydrogens (tertiary/aromatic N) is 3. The molecule has 23 heteroatoms. The molecule has 242 valence electrons. The van der Waals surface area contributed by atoms with Crippen molar-refractivity contribution >= 4 is 32.7 Å². The summed E-state index contributed by atoms with van der Waals surface area (Å²) >= 11 is 0. The third-order valence-corrected chi connectivity index (χ3v) is 9.64. The lowest BCUT2D eigenvalue weighted by molar-refractivity contribution is -0.898. The summed E-state index contributed by atoms with van der Waals surface area (Å²) in [5, 5.41) is 41.6. The van der Waals surface area contributed by atoms with E-state index in [1.165, 1.54) is 18.4 Å². The van der Waals surface area contributed by atoms with Crippen molar-refractivity contribution in [3.63, 3.8) is 0 Å². The van der Waals surface area contributed by atoms with Gasteiger partial charge in [-0.15, -0.1) is 0 Å². The number of nitrogens with one attached hydrogen (secondary N) is 2. The number of aliphatic hydroxyl groups is 4. The number of allylic oxidation sites excluding steroid dienone is 2. The number of carbonyl (C=O) groups is 1. The van der Waals surface area contributed by atoms with Crippen molar-refractivity contribution in [2.24, 2.45) is 5.73 Å². The zero-order valence-corrected chi connectivity index (χ0v) is 24.1. The lowest BCUT2D eigenvalue weighted by Crippen LogP contribution is -3.13. The number of quaternary nitrogens is 1. The average Bonchev–Trinajstić information content (AvgIpc) is 3.61. The monoisotopic (exact) mass is 667 g/mol. The van der Waals surface area contributed by atoms with Gasteiger partial charge in [-0.1, -0.05) is 0 Å². The first kappa shape index (κ1) is 32.7. The van der Waals surface area contributed by atoms with Crippen molar-refractivity contribution < 1.29 is 71.9 Å². The summed E-state index contributed by atoms with van der Waals surface area (Å²) < 4.78 is 50.7. The van der Waals surface area contributed by atoms with Crippen molar-refractivity contribution in [1.82, 2.24) is 19.5 Å². The standard InChI is InChI=1S/C21H28N6O15P2/c22-17(32)9-2-1-3-26(4-9)20-15(30)13(28)10(40-20)5-38-43(34,35)42-44(36,37)39-6-11-14(29)16(31)21(41-11)27-8-25-12-18(27)23-7-24-19(12)33/h1-3,7-8,10-11,13-16,20-21,28-31H,4-6H2,(H2,22,32)(H,34,35)(H,36,37)(H,23,24,33)/p+1. The summed E-state index contributed by atoms with van der Waals surface area (Å²) in [5.41, 5.74) is 4.87. The van der Waals surface area contributed by atoms with E-state index in [1.807, 2.05) is 0 Å². The molecule has 11 atom stereocenters. The van der Waals surface area contributed by atoms with Crippen molar-refractivity contribution in [1.29, 1.82) is 0 Å². The molecule has 0 radical (unpaired) electrons. The van der Waals surface area contributed by atoms with Gasteiger partial charge in [0.05, 0.1) is 37.6 Å². The van der Waals surface area contributed by atoms with Gasteiger partial charge in [-0.05, 0) is 12.2 Å². The molecule has 10 N–H and O–H groups in total. The van der Waals surface area contributed by atoms with Gasteiger partial charge < -0.3 is 50.4 Å². The number of imidazole rings is 1. The normalized spacial score (nSPS) is 35.0. The molecular weight excluding hydrogens is 638 g/mol. The van der Waals surface area contributed by atoms with E-state index in [9.17, 15) is 48.9 Å². The molecule has 3 aliphatic heterocycles. The van der Waals surface area contributed by atoms with Crippen LogP contribution in [0.25, 0.3) is 11.2 Å². The van der Waals surface area contributed by atoms with Gasteiger partial charge in [0.1, 0.15) is 37.1 Å². The minimum Gasteiger partial charge on any atom is -0.387 e. The number of aliphatic hydroxyl groups excluding tert-OH is 4. The molecule has 2 saturated heterocycles. The first-order valence-electron chi connectivity index (χ1n) is 12.8. The quantitative estimate of drug-likeness (QED) is 0.102. The van der Waals surface area contributed by atoms with E-state index in [0.717, 1.165) is 17.2 Å². The molecule has 11 unspecified atom stereocenters. The summed E-state index contributed by atoms with van der Waals surface area (Å²) in [6.07, 6.45) is -5.08. The van der Waals surface area contributed by atoms with E-state index in [2.05, 4.69) is 23.8 Å². The van der Waals surface area contributed by atoms with Gasteiger partial charge in [0.15, 0.2) is 23.5 Å². The van der Waals surface area contributed by atoms with E-state index in [4.69, 9.17) is 19.7 Å². The number of amides is 1. The fraction of sp³-hybridized carbons (Fsp3) is 0.524. The summed E-state index contributed by atoms with van der Waals surface area (Å²) in [4.78, 5) is 53.9. The van der Waals surface area contributed by atoms with Crippen LogP contribution in [0.5, 0.6) is 0 Å². The molecule has 2 aromatic rings. The summed E-state index contributed by atoms with van der Waals surface area (Å²) in [6.45, 7) is -1.78. The number of rotatable bonds is 11. The fourth-order valence-electron chi connectivity index (χ4n) is 4.84. The maximum Gasteiger partial charge on any atom is 0.481 e.